The second kappa shape index (κ2) is 6.42. The summed E-state index contributed by atoms with van der Waals surface area (Å²) in [5.41, 5.74) is 6.97. The number of hydrogen-bond acceptors (Lipinski definition) is 4. The van der Waals surface area contributed by atoms with Crippen molar-refractivity contribution in [1.82, 2.24) is 9.88 Å². The van der Waals surface area contributed by atoms with Crippen molar-refractivity contribution in [3.05, 3.63) is 59.4 Å². The van der Waals surface area contributed by atoms with Gasteiger partial charge in [-0.05, 0) is 30.7 Å². The van der Waals surface area contributed by atoms with Crippen molar-refractivity contribution in [2.45, 2.75) is 24.4 Å². The van der Waals surface area contributed by atoms with Crippen LogP contribution in [0.5, 0.6) is 0 Å². The molecule has 3 rings (SSSR count). The Labute approximate surface area is 138 Å². The van der Waals surface area contributed by atoms with Gasteiger partial charge >= 0.3 is 0 Å². The van der Waals surface area contributed by atoms with Crippen molar-refractivity contribution in [1.29, 1.82) is 0 Å². The van der Waals surface area contributed by atoms with E-state index in [9.17, 15) is 9.59 Å². The zero-order valence-corrected chi connectivity index (χ0v) is 13.5. The number of thioether (sulfide) groups is 1. The first-order valence-corrected chi connectivity index (χ1v) is 8.32. The Kier molecular flexibility index (Phi) is 4.34. The Bertz CT molecular complexity index is 746. The number of carbonyl (C=O) groups is 2. The molecular formula is C17H17N3O2S. The maximum absolute atomic E-state index is 12.8. The summed E-state index contributed by atoms with van der Waals surface area (Å²) in [6.07, 6.45) is 1.35. The number of primary amides is 1. The Hall–Kier alpha value is -2.34. The van der Waals surface area contributed by atoms with Crippen molar-refractivity contribution in [3.63, 3.8) is 0 Å². The number of pyridine rings is 1. The van der Waals surface area contributed by atoms with Gasteiger partial charge in [0.15, 0.2) is 0 Å². The SMILES string of the molecule is CC1CSc2ccccc2CN1C(=O)c1ccc(C(N)=O)cn1. The Morgan fingerprint density at radius 1 is 1.26 bits per heavy atom. The summed E-state index contributed by atoms with van der Waals surface area (Å²) in [6, 6.07) is 11.3. The zero-order valence-electron chi connectivity index (χ0n) is 12.7. The van der Waals surface area contributed by atoms with Crippen molar-refractivity contribution < 1.29 is 9.59 Å². The van der Waals surface area contributed by atoms with Gasteiger partial charge in [-0.25, -0.2) is 0 Å². The number of nitrogens with zero attached hydrogens (tertiary/aromatic N) is 2. The van der Waals surface area contributed by atoms with Crippen molar-refractivity contribution in [2.75, 3.05) is 5.75 Å². The monoisotopic (exact) mass is 327 g/mol. The number of amides is 2. The van der Waals surface area contributed by atoms with Gasteiger partial charge in [0.2, 0.25) is 5.91 Å². The van der Waals surface area contributed by atoms with Gasteiger partial charge in [-0.1, -0.05) is 18.2 Å². The minimum absolute atomic E-state index is 0.0949. The molecule has 2 aromatic rings. The van der Waals surface area contributed by atoms with Crippen LogP contribution in [-0.4, -0.2) is 33.5 Å². The van der Waals surface area contributed by atoms with Gasteiger partial charge < -0.3 is 10.6 Å². The molecule has 1 aromatic heterocycles. The normalized spacial score (nSPS) is 17.3. The summed E-state index contributed by atoms with van der Waals surface area (Å²) < 4.78 is 0. The molecule has 1 aromatic carbocycles. The van der Waals surface area contributed by atoms with Crippen molar-refractivity contribution in [3.8, 4) is 0 Å². The number of hydrogen-bond donors (Lipinski definition) is 1. The second-order valence-corrected chi connectivity index (χ2v) is 6.56. The molecule has 1 unspecified atom stereocenters. The fraction of sp³-hybridized carbons (Fsp3) is 0.235. The number of fused-ring (bicyclic) bond motifs is 1. The van der Waals surface area contributed by atoms with E-state index in [1.54, 1.807) is 17.8 Å². The van der Waals surface area contributed by atoms with Gasteiger partial charge in [0.25, 0.3) is 5.91 Å². The lowest BCUT2D eigenvalue weighted by Gasteiger charge is -2.26. The average Bonchev–Trinajstić information content (AvgIpc) is 2.74. The van der Waals surface area contributed by atoms with Crippen molar-refractivity contribution >= 4 is 23.6 Å². The highest BCUT2D eigenvalue weighted by molar-refractivity contribution is 7.99. The quantitative estimate of drug-likeness (QED) is 0.918. The Balaban J connectivity index is 1.87. The summed E-state index contributed by atoms with van der Waals surface area (Å²) in [5.74, 6) is 0.151. The lowest BCUT2D eigenvalue weighted by Crippen LogP contribution is -2.39. The standard InChI is InChI=1S/C17H17N3O2S/c1-11-10-23-15-5-3-2-4-13(15)9-20(11)17(22)14-7-6-12(8-19-14)16(18)21/h2-8,11H,9-10H2,1H3,(H2,18,21). The molecular weight excluding hydrogens is 310 g/mol. The minimum atomic E-state index is -0.551. The molecule has 2 heterocycles. The molecule has 0 radical (unpaired) electrons. The fourth-order valence-corrected chi connectivity index (χ4v) is 3.59. The van der Waals surface area contributed by atoms with E-state index in [2.05, 4.69) is 11.1 Å². The maximum Gasteiger partial charge on any atom is 0.273 e. The molecule has 118 valence electrons. The molecule has 1 aliphatic heterocycles. The van der Waals surface area contributed by atoms with Gasteiger partial charge in [-0.15, -0.1) is 11.8 Å². The van der Waals surface area contributed by atoms with Crippen LogP contribution in [0.25, 0.3) is 0 Å². The first-order valence-electron chi connectivity index (χ1n) is 7.34. The third-order valence-electron chi connectivity index (χ3n) is 3.85. The zero-order chi connectivity index (χ0) is 16.4. The highest BCUT2D eigenvalue weighted by atomic mass is 32.2. The van der Waals surface area contributed by atoms with Crippen LogP contribution in [0.15, 0.2) is 47.5 Å². The number of aromatic nitrogens is 1. The van der Waals surface area contributed by atoms with E-state index < -0.39 is 5.91 Å². The highest BCUT2D eigenvalue weighted by Gasteiger charge is 2.26. The van der Waals surface area contributed by atoms with Gasteiger partial charge in [0.1, 0.15) is 5.69 Å². The molecule has 23 heavy (non-hydrogen) atoms. The summed E-state index contributed by atoms with van der Waals surface area (Å²) >= 11 is 1.76. The molecule has 0 bridgehead atoms. The fourth-order valence-electron chi connectivity index (χ4n) is 2.50. The third-order valence-corrected chi connectivity index (χ3v) is 5.21. The van der Waals surface area contributed by atoms with Crippen LogP contribution in [0.2, 0.25) is 0 Å². The Morgan fingerprint density at radius 2 is 2.04 bits per heavy atom. The van der Waals surface area contributed by atoms with E-state index in [4.69, 9.17) is 5.73 Å². The molecule has 0 saturated heterocycles. The lowest BCUT2D eigenvalue weighted by atomic mass is 10.1. The van der Waals surface area contributed by atoms with E-state index >= 15 is 0 Å². The topological polar surface area (TPSA) is 76.3 Å². The summed E-state index contributed by atoms with van der Waals surface area (Å²) in [6.45, 7) is 2.59. The van der Waals surface area contributed by atoms with Gasteiger partial charge in [0.05, 0.1) is 5.56 Å². The van der Waals surface area contributed by atoms with Crippen LogP contribution in [0, 0.1) is 0 Å². The molecule has 2 amide bonds. The first-order chi connectivity index (χ1) is 11.1. The van der Waals surface area contributed by atoms with E-state index in [1.165, 1.54) is 17.2 Å². The second-order valence-electron chi connectivity index (χ2n) is 5.50. The third kappa shape index (κ3) is 3.22. The highest BCUT2D eigenvalue weighted by Crippen LogP contribution is 2.30. The van der Waals surface area contributed by atoms with E-state index in [1.807, 2.05) is 30.0 Å². The number of carbonyl (C=O) groups excluding carboxylic acids is 2. The van der Waals surface area contributed by atoms with Crippen LogP contribution in [0.1, 0.15) is 33.3 Å². The summed E-state index contributed by atoms with van der Waals surface area (Å²) in [5, 5.41) is 0. The smallest absolute Gasteiger partial charge is 0.273 e. The number of rotatable bonds is 2. The number of benzene rings is 1. The molecule has 0 spiro atoms. The number of nitrogens with two attached hydrogens (primary N) is 1. The van der Waals surface area contributed by atoms with Gasteiger partial charge in [-0.3, -0.25) is 14.6 Å². The van der Waals surface area contributed by atoms with Gasteiger partial charge in [0, 0.05) is 29.4 Å². The van der Waals surface area contributed by atoms with E-state index in [-0.39, 0.29) is 11.9 Å². The van der Waals surface area contributed by atoms with Gasteiger partial charge in [-0.2, -0.15) is 0 Å². The molecule has 5 nitrogen and oxygen atoms in total. The first kappa shape index (κ1) is 15.6. The molecule has 1 atom stereocenters. The molecule has 6 heteroatoms. The van der Waals surface area contributed by atoms with E-state index in [0.717, 1.165) is 11.3 Å². The minimum Gasteiger partial charge on any atom is -0.366 e. The van der Waals surface area contributed by atoms with Crippen LogP contribution in [0.3, 0.4) is 0 Å². The van der Waals surface area contributed by atoms with Crippen LogP contribution in [-0.2, 0) is 6.54 Å². The lowest BCUT2D eigenvalue weighted by molar-refractivity contribution is 0.0688. The largest absolute Gasteiger partial charge is 0.366 e. The average molecular weight is 327 g/mol. The molecule has 0 aliphatic carbocycles. The molecule has 1 aliphatic rings. The summed E-state index contributed by atoms with van der Waals surface area (Å²) in [7, 11) is 0. The Morgan fingerprint density at radius 3 is 2.74 bits per heavy atom. The van der Waals surface area contributed by atoms with Crippen molar-refractivity contribution in [2.24, 2.45) is 5.73 Å². The van der Waals surface area contributed by atoms with Crippen LogP contribution in [0.4, 0.5) is 0 Å². The molecule has 2 N–H and O–H groups in total. The predicted octanol–water partition coefficient (Wildman–Crippen LogP) is 2.32. The molecule has 0 fully saturated rings. The maximum atomic E-state index is 12.8. The van der Waals surface area contributed by atoms with E-state index in [0.29, 0.717) is 17.8 Å². The van der Waals surface area contributed by atoms with Crippen LogP contribution >= 0.6 is 11.8 Å². The van der Waals surface area contributed by atoms with Crippen LogP contribution < -0.4 is 5.73 Å². The molecule has 0 saturated carbocycles. The summed E-state index contributed by atoms with van der Waals surface area (Å²) in [4.78, 5) is 31.0. The predicted molar refractivity (Wildman–Crippen MR) is 89.3 cm³/mol.